The van der Waals surface area contributed by atoms with Crippen LogP contribution >= 0.6 is 0 Å². The monoisotopic (exact) mass is 984 g/mol. The van der Waals surface area contributed by atoms with Gasteiger partial charge in [0.15, 0.2) is 0 Å². The Kier molecular flexibility index (Phi) is 10.0. The lowest BCUT2D eigenvalue weighted by Gasteiger charge is -2.22. The average Bonchev–Trinajstić information content (AvgIpc) is 4.19. The predicted octanol–water partition coefficient (Wildman–Crippen LogP) is 21.8. The van der Waals surface area contributed by atoms with E-state index >= 15 is 0 Å². The number of allylic oxidation sites excluding steroid dienone is 2. The lowest BCUT2D eigenvalue weighted by molar-refractivity contribution is 0.603. The van der Waals surface area contributed by atoms with E-state index in [0.29, 0.717) is 5.76 Å². The van der Waals surface area contributed by atoms with Gasteiger partial charge in [0.05, 0.1) is 0 Å². The molecule has 0 aliphatic carbocycles. The van der Waals surface area contributed by atoms with Crippen molar-refractivity contribution in [1.29, 1.82) is 0 Å². The summed E-state index contributed by atoms with van der Waals surface area (Å²) < 4.78 is 19.8. The van der Waals surface area contributed by atoms with Crippen molar-refractivity contribution in [3.63, 3.8) is 0 Å². The summed E-state index contributed by atoms with van der Waals surface area (Å²) in [7, 11) is 0. The van der Waals surface area contributed by atoms with Gasteiger partial charge in [0.2, 0.25) is 0 Å². The van der Waals surface area contributed by atoms with Gasteiger partial charge in [-0.3, -0.25) is 0 Å². The van der Waals surface area contributed by atoms with E-state index in [0.717, 1.165) is 116 Å². The van der Waals surface area contributed by atoms with E-state index in [1.165, 1.54) is 54.2 Å². The summed E-state index contributed by atoms with van der Waals surface area (Å²) in [5, 5.41) is 17.2. The Morgan fingerprint density at radius 2 is 0.766 bits per heavy atom. The first-order valence-electron chi connectivity index (χ1n) is 26.4. The number of fused-ring (bicyclic) bond motifs is 14. The number of furan rings is 3. The van der Waals surface area contributed by atoms with Crippen LogP contribution in [0.15, 0.2) is 239 Å². The molecule has 0 saturated carbocycles. The normalized spacial score (nSPS) is 12.4. The molecule has 362 valence electrons. The fraction of sp³-hybridized carbons (Fsp3) is 0.0270. The highest BCUT2D eigenvalue weighted by atomic mass is 16.3. The minimum atomic E-state index is 0.713. The molecule has 0 aliphatic heterocycles. The molecule has 3 nitrogen and oxygen atoms in total. The maximum atomic E-state index is 6.82. The highest BCUT2D eigenvalue weighted by Gasteiger charge is 2.27. The molecule has 0 aliphatic rings. The Bertz CT molecular complexity index is 5040. The molecular weight excluding hydrogens is 937 g/mol. The smallest absolute Gasteiger partial charge is 0.136 e. The Morgan fingerprint density at radius 3 is 1.23 bits per heavy atom. The van der Waals surface area contributed by atoms with E-state index in [1.807, 2.05) is 12.2 Å². The van der Waals surface area contributed by atoms with Crippen LogP contribution in [-0.2, 0) is 0 Å². The SMILES string of the molecule is C=Cc1oc2ccc(-c3c4ccccc4c(-c4ccc5oc6ccc7ccccc7c6c5c4)c4ccccc34)cc2c1/C(=C\C)c1c(C=C)c(/C=C\C)c(-c2ccc3oc4ccc5ccccc5c4c3c2)c2ccccc12. The van der Waals surface area contributed by atoms with Crippen LogP contribution in [0.25, 0.3) is 166 Å². The Morgan fingerprint density at radius 1 is 0.351 bits per heavy atom. The van der Waals surface area contributed by atoms with Gasteiger partial charge in [-0.25, -0.2) is 0 Å². The van der Waals surface area contributed by atoms with Crippen LogP contribution in [0.4, 0.5) is 0 Å². The zero-order valence-electron chi connectivity index (χ0n) is 42.6. The van der Waals surface area contributed by atoms with Crippen molar-refractivity contribution in [2.75, 3.05) is 0 Å². The second kappa shape index (κ2) is 17.3. The van der Waals surface area contributed by atoms with Crippen molar-refractivity contribution in [3.05, 3.63) is 254 Å². The number of rotatable bonds is 8. The molecule has 77 heavy (non-hydrogen) atoms. The first-order chi connectivity index (χ1) is 38.0. The minimum Gasteiger partial charge on any atom is -0.456 e. The molecule has 0 bridgehead atoms. The highest BCUT2D eigenvalue weighted by molar-refractivity contribution is 6.25. The molecule has 12 aromatic carbocycles. The van der Waals surface area contributed by atoms with E-state index in [9.17, 15) is 0 Å². The number of benzene rings is 12. The van der Waals surface area contributed by atoms with Gasteiger partial charge in [0, 0.05) is 32.5 Å². The van der Waals surface area contributed by atoms with Crippen molar-refractivity contribution < 1.29 is 13.3 Å². The molecule has 0 atom stereocenters. The van der Waals surface area contributed by atoms with Crippen LogP contribution in [0.2, 0.25) is 0 Å². The molecular formula is C74H48O3. The van der Waals surface area contributed by atoms with E-state index in [1.54, 1.807) is 0 Å². The molecule has 3 aromatic heterocycles. The molecule has 0 unspecified atom stereocenters. The van der Waals surface area contributed by atoms with Crippen molar-refractivity contribution in [3.8, 4) is 33.4 Å². The molecule has 15 rings (SSSR count). The Hall–Kier alpha value is -9.96. The fourth-order valence-electron chi connectivity index (χ4n) is 12.9. The van der Waals surface area contributed by atoms with E-state index < -0.39 is 0 Å². The van der Waals surface area contributed by atoms with E-state index in [-0.39, 0.29) is 0 Å². The Labute approximate surface area is 444 Å². The Balaban J connectivity index is 0.938. The maximum Gasteiger partial charge on any atom is 0.136 e. The number of hydrogen-bond donors (Lipinski definition) is 0. The van der Waals surface area contributed by atoms with Crippen molar-refractivity contribution >= 4 is 133 Å². The van der Waals surface area contributed by atoms with Gasteiger partial charge in [-0.1, -0.05) is 189 Å². The minimum absolute atomic E-state index is 0.713. The van der Waals surface area contributed by atoms with Crippen molar-refractivity contribution in [2.45, 2.75) is 13.8 Å². The zero-order chi connectivity index (χ0) is 51.5. The molecule has 0 amide bonds. The molecule has 0 spiro atoms. The van der Waals surface area contributed by atoms with Crippen LogP contribution in [0.3, 0.4) is 0 Å². The summed E-state index contributed by atoms with van der Waals surface area (Å²) in [5.41, 5.74) is 16.4. The van der Waals surface area contributed by atoms with Crippen LogP contribution in [0.1, 0.15) is 41.9 Å². The topological polar surface area (TPSA) is 39.4 Å². The third-order valence-corrected chi connectivity index (χ3v) is 16.1. The van der Waals surface area contributed by atoms with Crippen LogP contribution in [0, 0.1) is 0 Å². The first kappa shape index (κ1) is 44.5. The molecule has 3 heterocycles. The fourth-order valence-corrected chi connectivity index (χ4v) is 12.9. The summed E-state index contributed by atoms with van der Waals surface area (Å²) in [5.74, 6) is 0.713. The number of hydrogen-bond acceptors (Lipinski definition) is 3. The van der Waals surface area contributed by atoms with Gasteiger partial charge < -0.3 is 13.3 Å². The quantitative estimate of drug-likeness (QED) is 0.142. The van der Waals surface area contributed by atoms with E-state index in [2.05, 4.69) is 245 Å². The third kappa shape index (κ3) is 6.57. The maximum absolute atomic E-state index is 6.82. The zero-order valence-corrected chi connectivity index (χ0v) is 42.6. The summed E-state index contributed by atoms with van der Waals surface area (Å²) in [4.78, 5) is 0. The average molecular weight is 985 g/mol. The second-order valence-corrected chi connectivity index (χ2v) is 20.1. The van der Waals surface area contributed by atoms with Crippen molar-refractivity contribution in [2.24, 2.45) is 0 Å². The highest BCUT2D eigenvalue weighted by Crippen LogP contribution is 2.50. The summed E-state index contributed by atoms with van der Waals surface area (Å²) in [6.07, 6.45) is 10.5. The van der Waals surface area contributed by atoms with Crippen LogP contribution in [-0.4, -0.2) is 0 Å². The van der Waals surface area contributed by atoms with Gasteiger partial charge in [-0.05, 0) is 178 Å². The summed E-state index contributed by atoms with van der Waals surface area (Å²) in [6, 6.07) is 72.1. The lowest BCUT2D eigenvalue weighted by atomic mass is 9.80. The molecule has 0 radical (unpaired) electrons. The molecule has 15 aromatic rings. The summed E-state index contributed by atoms with van der Waals surface area (Å²) >= 11 is 0. The van der Waals surface area contributed by atoms with Gasteiger partial charge >= 0.3 is 0 Å². The first-order valence-corrected chi connectivity index (χ1v) is 26.4. The van der Waals surface area contributed by atoms with Gasteiger partial charge in [-0.2, -0.15) is 0 Å². The standard InChI is InChI=1S/C74H48O3/c1-5-19-52-48(6-2)71(58-29-18-17-28-57(58)68(52)45-33-36-64-60(41-45)73-50-22-11-9-20-43(50)30-38-66(73)76-64)49(7-3)72-59-40-46(32-35-63(59)75-62(72)8-4)69-53-24-13-15-26-55(53)70(56-27-16-14-25-54(56)69)47-34-37-65-61(42-47)74-51-23-12-10-21-44(51)31-39-67(74)77-65/h5-42H,2,4H2,1,3H3/b19-5-,49-7-. The lowest BCUT2D eigenvalue weighted by Crippen LogP contribution is -2.00. The van der Waals surface area contributed by atoms with Gasteiger partial charge in [-0.15, -0.1) is 0 Å². The van der Waals surface area contributed by atoms with Gasteiger partial charge in [0.1, 0.15) is 33.7 Å². The van der Waals surface area contributed by atoms with E-state index in [4.69, 9.17) is 13.3 Å². The predicted molar refractivity (Wildman–Crippen MR) is 329 cm³/mol. The molecule has 0 saturated heterocycles. The van der Waals surface area contributed by atoms with Crippen LogP contribution < -0.4 is 0 Å². The largest absolute Gasteiger partial charge is 0.456 e. The summed E-state index contributed by atoms with van der Waals surface area (Å²) in [6.45, 7) is 13.1. The molecule has 0 fully saturated rings. The van der Waals surface area contributed by atoms with Crippen LogP contribution in [0.5, 0.6) is 0 Å². The van der Waals surface area contributed by atoms with Gasteiger partial charge in [0.25, 0.3) is 0 Å². The molecule has 3 heteroatoms. The second-order valence-electron chi connectivity index (χ2n) is 20.1. The van der Waals surface area contributed by atoms with Crippen molar-refractivity contribution in [1.82, 2.24) is 0 Å². The third-order valence-electron chi connectivity index (χ3n) is 16.1. The molecule has 0 N–H and O–H groups in total.